The number of nitrogens with one attached hydrogen (secondary N) is 1. The topological polar surface area (TPSA) is 68.3 Å². The standard InChI is InChI=1S/C12H18N2O3S/c1-9-3-4-12(11(14-9)7-13-2)17-10-5-6-18(15,16)8-10/h3-4,10,13H,5-8H2,1-2H3. The molecule has 0 amide bonds. The van der Waals surface area contributed by atoms with Crippen LogP contribution in [0, 0.1) is 6.92 Å². The van der Waals surface area contributed by atoms with Crippen LogP contribution in [0.15, 0.2) is 12.1 Å². The number of aryl methyl sites for hydroxylation is 1. The zero-order valence-corrected chi connectivity index (χ0v) is 11.5. The van der Waals surface area contributed by atoms with Gasteiger partial charge in [0.2, 0.25) is 0 Å². The zero-order chi connectivity index (χ0) is 13.2. The van der Waals surface area contributed by atoms with Crippen LogP contribution in [0.2, 0.25) is 0 Å². The van der Waals surface area contributed by atoms with Gasteiger partial charge in [-0.05, 0) is 32.5 Å². The smallest absolute Gasteiger partial charge is 0.154 e. The van der Waals surface area contributed by atoms with Crippen molar-refractivity contribution in [1.29, 1.82) is 0 Å². The van der Waals surface area contributed by atoms with Gasteiger partial charge < -0.3 is 10.1 Å². The number of nitrogens with zero attached hydrogens (tertiary/aromatic N) is 1. The monoisotopic (exact) mass is 270 g/mol. The number of pyridine rings is 1. The summed E-state index contributed by atoms with van der Waals surface area (Å²) in [6, 6.07) is 3.73. The molecule has 5 nitrogen and oxygen atoms in total. The molecule has 1 fully saturated rings. The lowest BCUT2D eigenvalue weighted by Crippen LogP contribution is -2.20. The Morgan fingerprint density at radius 1 is 1.50 bits per heavy atom. The highest BCUT2D eigenvalue weighted by molar-refractivity contribution is 7.91. The summed E-state index contributed by atoms with van der Waals surface area (Å²) in [4.78, 5) is 4.40. The van der Waals surface area contributed by atoms with Gasteiger partial charge in [-0.1, -0.05) is 0 Å². The van der Waals surface area contributed by atoms with E-state index >= 15 is 0 Å². The van der Waals surface area contributed by atoms with Crippen LogP contribution in [0.4, 0.5) is 0 Å². The van der Waals surface area contributed by atoms with Gasteiger partial charge in [0.25, 0.3) is 0 Å². The van der Waals surface area contributed by atoms with E-state index in [0.29, 0.717) is 18.7 Å². The maximum absolute atomic E-state index is 11.4. The van der Waals surface area contributed by atoms with Crippen molar-refractivity contribution in [1.82, 2.24) is 10.3 Å². The summed E-state index contributed by atoms with van der Waals surface area (Å²) in [5.74, 6) is 1.01. The fourth-order valence-corrected chi connectivity index (χ4v) is 3.62. The van der Waals surface area contributed by atoms with E-state index in [0.717, 1.165) is 11.4 Å². The van der Waals surface area contributed by atoms with Gasteiger partial charge in [-0.2, -0.15) is 0 Å². The fraction of sp³-hybridized carbons (Fsp3) is 0.583. The lowest BCUT2D eigenvalue weighted by molar-refractivity contribution is 0.225. The first-order valence-corrected chi connectivity index (χ1v) is 7.80. The van der Waals surface area contributed by atoms with Gasteiger partial charge in [-0.25, -0.2) is 8.42 Å². The van der Waals surface area contributed by atoms with E-state index in [1.54, 1.807) is 0 Å². The number of aromatic nitrogens is 1. The summed E-state index contributed by atoms with van der Waals surface area (Å²) in [6.07, 6.45) is 0.324. The second-order valence-corrected chi connectivity index (χ2v) is 6.80. The number of rotatable bonds is 4. The molecule has 100 valence electrons. The van der Waals surface area contributed by atoms with Gasteiger partial charge in [0.05, 0.1) is 17.2 Å². The molecule has 0 aromatic carbocycles. The minimum Gasteiger partial charge on any atom is -0.487 e. The van der Waals surface area contributed by atoms with E-state index in [9.17, 15) is 8.42 Å². The van der Waals surface area contributed by atoms with E-state index in [1.165, 1.54) is 0 Å². The van der Waals surface area contributed by atoms with Crippen LogP contribution in [-0.4, -0.2) is 38.1 Å². The summed E-state index contributed by atoms with van der Waals surface area (Å²) in [7, 11) is -1.07. The minimum absolute atomic E-state index is 0.111. The molecule has 18 heavy (non-hydrogen) atoms. The van der Waals surface area contributed by atoms with E-state index in [-0.39, 0.29) is 17.6 Å². The Labute approximate surface area is 107 Å². The van der Waals surface area contributed by atoms with Gasteiger partial charge in [0.15, 0.2) is 9.84 Å². The summed E-state index contributed by atoms with van der Waals surface area (Å²) < 4.78 is 28.5. The van der Waals surface area contributed by atoms with Crippen molar-refractivity contribution >= 4 is 9.84 Å². The first-order valence-electron chi connectivity index (χ1n) is 5.98. The molecule has 1 N–H and O–H groups in total. The van der Waals surface area contributed by atoms with Crippen molar-refractivity contribution in [3.8, 4) is 5.75 Å². The predicted octanol–water partition coefficient (Wildman–Crippen LogP) is 0.675. The van der Waals surface area contributed by atoms with E-state index in [1.807, 2.05) is 26.1 Å². The second kappa shape index (κ2) is 5.24. The molecule has 0 spiro atoms. The first-order chi connectivity index (χ1) is 8.50. The molecule has 2 heterocycles. The molecular weight excluding hydrogens is 252 g/mol. The Bertz CT molecular complexity index is 528. The van der Waals surface area contributed by atoms with E-state index in [4.69, 9.17) is 4.74 Å². The maximum Gasteiger partial charge on any atom is 0.154 e. The highest BCUT2D eigenvalue weighted by atomic mass is 32.2. The van der Waals surface area contributed by atoms with Crippen LogP contribution in [0.3, 0.4) is 0 Å². The Hall–Kier alpha value is -1.14. The SMILES string of the molecule is CNCc1nc(C)ccc1OC1CCS(=O)(=O)C1. The average Bonchev–Trinajstić information content (AvgIpc) is 2.62. The highest BCUT2D eigenvalue weighted by Crippen LogP contribution is 2.22. The summed E-state index contributed by atoms with van der Waals surface area (Å²) >= 11 is 0. The van der Waals surface area contributed by atoms with E-state index < -0.39 is 9.84 Å². The highest BCUT2D eigenvalue weighted by Gasteiger charge is 2.29. The van der Waals surface area contributed by atoms with E-state index in [2.05, 4.69) is 10.3 Å². The van der Waals surface area contributed by atoms with Gasteiger partial charge in [0, 0.05) is 12.2 Å². The van der Waals surface area contributed by atoms with Crippen LogP contribution in [-0.2, 0) is 16.4 Å². The van der Waals surface area contributed by atoms with Gasteiger partial charge in [-0.3, -0.25) is 4.98 Å². The summed E-state index contributed by atoms with van der Waals surface area (Å²) in [5.41, 5.74) is 1.74. The van der Waals surface area contributed by atoms with Crippen molar-refractivity contribution in [2.45, 2.75) is 26.0 Å². The lowest BCUT2D eigenvalue weighted by atomic mass is 10.2. The van der Waals surface area contributed by atoms with Crippen molar-refractivity contribution in [2.24, 2.45) is 0 Å². The normalized spacial score (nSPS) is 22.0. The molecular formula is C12H18N2O3S. The third-order valence-electron chi connectivity index (χ3n) is 2.90. The summed E-state index contributed by atoms with van der Waals surface area (Å²) in [6.45, 7) is 2.53. The fourth-order valence-electron chi connectivity index (χ4n) is 2.03. The van der Waals surface area contributed by atoms with Crippen molar-refractivity contribution in [2.75, 3.05) is 18.6 Å². The quantitative estimate of drug-likeness (QED) is 0.871. The minimum atomic E-state index is -2.91. The number of sulfone groups is 1. The van der Waals surface area contributed by atoms with Crippen molar-refractivity contribution in [3.05, 3.63) is 23.5 Å². The molecule has 0 saturated carbocycles. The molecule has 0 radical (unpaired) electrons. The molecule has 2 rings (SSSR count). The molecule has 1 saturated heterocycles. The number of ether oxygens (including phenoxy) is 1. The Balaban J connectivity index is 2.14. The van der Waals surface area contributed by atoms with Crippen LogP contribution >= 0.6 is 0 Å². The van der Waals surface area contributed by atoms with Crippen LogP contribution < -0.4 is 10.1 Å². The van der Waals surface area contributed by atoms with Crippen molar-refractivity contribution < 1.29 is 13.2 Å². The molecule has 1 atom stereocenters. The largest absolute Gasteiger partial charge is 0.487 e. The van der Waals surface area contributed by atoms with Gasteiger partial charge in [-0.15, -0.1) is 0 Å². The van der Waals surface area contributed by atoms with Crippen molar-refractivity contribution in [3.63, 3.8) is 0 Å². The molecule has 1 aromatic heterocycles. The third kappa shape index (κ3) is 3.20. The molecule has 6 heteroatoms. The predicted molar refractivity (Wildman–Crippen MR) is 69.4 cm³/mol. The molecule has 1 unspecified atom stereocenters. The van der Waals surface area contributed by atoms with Gasteiger partial charge >= 0.3 is 0 Å². The third-order valence-corrected chi connectivity index (χ3v) is 4.64. The molecule has 1 aliphatic rings. The number of hydrogen-bond acceptors (Lipinski definition) is 5. The van der Waals surface area contributed by atoms with Gasteiger partial charge in [0.1, 0.15) is 11.9 Å². The maximum atomic E-state index is 11.4. The molecule has 0 bridgehead atoms. The zero-order valence-electron chi connectivity index (χ0n) is 10.6. The Kier molecular flexibility index (Phi) is 3.87. The number of hydrogen-bond donors (Lipinski definition) is 1. The van der Waals surface area contributed by atoms with Crippen LogP contribution in [0.5, 0.6) is 5.75 Å². The summed E-state index contributed by atoms with van der Waals surface area (Å²) in [5, 5.41) is 3.03. The molecule has 1 aliphatic heterocycles. The van der Waals surface area contributed by atoms with Crippen LogP contribution in [0.1, 0.15) is 17.8 Å². The lowest BCUT2D eigenvalue weighted by Gasteiger charge is -2.15. The Morgan fingerprint density at radius 3 is 2.89 bits per heavy atom. The second-order valence-electron chi connectivity index (χ2n) is 4.57. The average molecular weight is 270 g/mol. The van der Waals surface area contributed by atoms with Crippen LogP contribution in [0.25, 0.3) is 0 Å². The Morgan fingerprint density at radius 2 is 2.28 bits per heavy atom. The molecule has 0 aliphatic carbocycles. The molecule has 1 aromatic rings. The first kappa shape index (κ1) is 13.3.